The van der Waals surface area contributed by atoms with Gasteiger partial charge in [-0.3, -0.25) is 24.1 Å². The molecule has 1 aliphatic heterocycles. The molecule has 1 fully saturated rings. The fraction of sp³-hybridized carbons (Fsp3) is 0.606. The van der Waals surface area contributed by atoms with Crippen molar-refractivity contribution in [3.8, 4) is 10.4 Å². The predicted molar refractivity (Wildman–Crippen MR) is 174 cm³/mol. The molecule has 1 aliphatic rings. The number of likely N-dealkylation sites (tertiary alicyclic amines) is 1. The topological polar surface area (TPSA) is 141 Å². The van der Waals surface area contributed by atoms with Crippen LogP contribution in [0, 0.1) is 12.3 Å². The van der Waals surface area contributed by atoms with Crippen molar-refractivity contribution in [2.24, 2.45) is 5.41 Å². The fourth-order valence-electron chi connectivity index (χ4n) is 5.22. The number of hydrogen-bond donors (Lipinski definition) is 3. The first-order chi connectivity index (χ1) is 20.9. The normalized spacial score (nSPS) is 18.4. The number of carbonyl (C=O) groups excluding carboxylic acids is 4. The third-order valence-electron chi connectivity index (χ3n) is 7.59. The number of thiazole rings is 1. The maximum atomic E-state index is 13.9. The second-order valence-corrected chi connectivity index (χ2v) is 14.8. The minimum absolute atomic E-state index is 0.00750. The van der Waals surface area contributed by atoms with E-state index < -0.39 is 35.1 Å². The lowest BCUT2D eigenvalue weighted by Gasteiger charge is -2.36. The van der Waals surface area contributed by atoms with Crippen LogP contribution in [-0.4, -0.2) is 94.1 Å². The van der Waals surface area contributed by atoms with Crippen molar-refractivity contribution in [1.29, 1.82) is 0 Å². The summed E-state index contributed by atoms with van der Waals surface area (Å²) in [5, 5.41) is 16.4. The average Bonchev–Trinajstić information content (AvgIpc) is 3.54. The van der Waals surface area contributed by atoms with Gasteiger partial charge in [0.2, 0.25) is 17.7 Å². The van der Waals surface area contributed by atoms with E-state index in [1.807, 2.05) is 64.4 Å². The number of ether oxygens (including phenoxy) is 1. The quantitative estimate of drug-likeness (QED) is 0.317. The molecule has 1 aromatic carbocycles. The van der Waals surface area contributed by atoms with Crippen LogP contribution in [-0.2, 0) is 23.9 Å². The molecule has 2 heterocycles. The van der Waals surface area contributed by atoms with Crippen LogP contribution in [0.25, 0.3) is 10.4 Å². The standard InChI is InChI=1S/C33H49N5O6S/c1-20(22-10-12-23(13-11-22)28-21(2)34-19-45-28)35-30(42)25-16-24(39)17-38(25)31(43)29(32(3,4)5)36-26(40)18-37(9)15-14-27(41)44-33(6,7)8/h10-13,19-20,24-25,29,39H,14-18H2,1-9H3,(H,35,42)(H,36,40)/t20-,24+,25-,29+/m0/s1. The maximum absolute atomic E-state index is 13.9. The number of esters is 1. The van der Waals surface area contributed by atoms with Gasteiger partial charge in [0.25, 0.3) is 0 Å². The molecule has 1 saturated heterocycles. The fourth-order valence-corrected chi connectivity index (χ4v) is 6.03. The molecule has 1 aromatic heterocycles. The van der Waals surface area contributed by atoms with Gasteiger partial charge in [-0.15, -0.1) is 11.3 Å². The highest BCUT2D eigenvalue weighted by molar-refractivity contribution is 7.13. The number of aliphatic hydroxyl groups excluding tert-OH is 1. The summed E-state index contributed by atoms with van der Waals surface area (Å²) in [4.78, 5) is 61.0. The molecule has 0 unspecified atom stereocenters. The summed E-state index contributed by atoms with van der Waals surface area (Å²) < 4.78 is 5.33. The van der Waals surface area contributed by atoms with Crippen molar-refractivity contribution in [3.63, 3.8) is 0 Å². The molecule has 12 heteroatoms. The number of aromatic nitrogens is 1. The van der Waals surface area contributed by atoms with Crippen LogP contribution in [0.3, 0.4) is 0 Å². The molecule has 2 aromatic rings. The van der Waals surface area contributed by atoms with E-state index in [1.165, 1.54) is 4.90 Å². The highest BCUT2D eigenvalue weighted by Gasteiger charge is 2.44. The lowest BCUT2D eigenvalue weighted by molar-refractivity contribution is -0.155. The van der Waals surface area contributed by atoms with Gasteiger partial charge in [-0.1, -0.05) is 45.0 Å². The largest absolute Gasteiger partial charge is 0.460 e. The number of benzene rings is 1. The molecule has 0 aliphatic carbocycles. The highest BCUT2D eigenvalue weighted by Crippen LogP contribution is 2.29. The van der Waals surface area contributed by atoms with E-state index in [-0.39, 0.29) is 49.8 Å². The summed E-state index contributed by atoms with van der Waals surface area (Å²) in [5.74, 6) is -1.54. The number of carbonyl (C=O) groups is 4. The number of nitrogens with zero attached hydrogens (tertiary/aromatic N) is 3. The van der Waals surface area contributed by atoms with Gasteiger partial charge in [0.05, 0.1) is 41.2 Å². The Kier molecular flexibility index (Phi) is 11.9. The smallest absolute Gasteiger partial charge is 0.307 e. The zero-order valence-corrected chi connectivity index (χ0v) is 28.8. The summed E-state index contributed by atoms with van der Waals surface area (Å²) in [6.07, 6.45) is -0.636. The number of aliphatic hydroxyl groups is 1. The van der Waals surface area contributed by atoms with Crippen LogP contribution in [0.2, 0.25) is 0 Å². The zero-order chi connectivity index (χ0) is 33.7. The zero-order valence-electron chi connectivity index (χ0n) is 28.0. The van der Waals surface area contributed by atoms with Crippen molar-refractivity contribution < 1.29 is 29.0 Å². The van der Waals surface area contributed by atoms with E-state index in [0.717, 1.165) is 21.7 Å². The van der Waals surface area contributed by atoms with E-state index in [4.69, 9.17) is 4.74 Å². The summed E-state index contributed by atoms with van der Waals surface area (Å²) in [5.41, 5.74) is 3.47. The first-order valence-electron chi connectivity index (χ1n) is 15.3. The minimum Gasteiger partial charge on any atom is -0.460 e. The molecular formula is C33H49N5O6S. The summed E-state index contributed by atoms with van der Waals surface area (Å²) in [6, 6.07) is 5.76. The number of hydrogen-bond acceptors (Lipinski definition) is 9. The van der Waals surface area contributed by atoms with Crippen molar-refractivity contribution in [2.45, 2.75) is 98.1 Å². The Morgan fingerprint density at radius 1 is 1.11 bits per heavy atom. The van der Waals surface area contributed by atoms with E-state index >= 15 is 0 Å². The number of β-amino-alcohol motifs (C(OH)–C–C–N with tert-alkyl or cyclic N) is 1. The van der Waals surface area contributed by atoms with Crippen LogP contribution in [0.5, 0.6) is 0 Å². The summed E-state index contributed by atoms with van der Waals surface area (Å²) in [6.45, 7) is 15.0. The summed E-state index contributed by atoms with van der Waals surface area (Å²) >= 11 is 1.57. The Labute approximate surface area is 270 Å². The van der Waals surface area contributed by atoms with Crippen LogP contribution in [0.15, 0.2) is 29.8 Å². The number of nitrogens with one attached hydrogen (secondary N) is 2. The van der Waals surface area contributed by atoms with Gasteiger partial charge in [0.15, 0.2) is 0 Å². The molecule has 248 valence electrons. The SMILES string of the molecule is Cc1ncsc1-c1ccc([C@H](C)NC(=O)[C@@H]2C[C@@H](O)CN2C(=O)[C@@H](NC(=O)CN(C)CCC(=O)OC(C)(C)C)C(C)(C)C)cc1. The predicted octanol–water partition coefficient (Wildman–Crippen LogP) is 3.45. The van der Waals surface area contributed by atoms with Crippen LogP contribution >= 0.6 is 11.3 Å². The Morgan fingerprint density at radius 3 is 2.31 bits per heavy atom. The third-order valence-corrected chi connectivity index (χ3v) is 8.57. The van der Waals surface area contributed by atoms with Crippen molar-refractivity contribution in [1.82, 2.24) is 25.4 Å². The molecule has 0 saturated carbocycles. The molecule has 45 heavy (non-hydrogen) atoms. The molecule has 3 rings (SSSR count). The molecule has 0 bridgehead atoms. The Hall–Kier alpha value is -3.35. The van der Waals surface area contributed by atoms with Gasteiger partial charge >= 0.3 is 5.97 Å². The Balaban J connectivity index is 1.64. The van der Waals surface area contributed by atoms with Crippen LogP contribution < -0.4 is 10.6 Å². The second kappa shape index (κ2) is 14.8. The average molecular weight is 644 g/mol. The number of aryl methyl sites for hydroxylation is 1. The van der Waals surface area contributed by atoms with Crippen LogP contribution in [0.1, 0.15) is 78.6 Å². The van der Waals surface area contributed by atoms with Gasteiger partial charge in [0, 0.05) is 19.5 Å². The number of amides is 3. The van der Waals surface area contributed by atoms with Gasteiger partial charge < -0.3 is 25.4 Å². The Bertz CT molecular complexity index is 1350. The molecule has 0 spiro atoms. The molecule has 0 radical (unpaired) electrons. The molecular weight excluding hydrogens is 594 g/mol. The molecule has 3 amide bonds. The van der Waals surface area contributed by atoms with E-state index in [1.54, 1.807) is 44.1 Å². The lowest BCUT2D eigenvalue weighted by Crippen LogP contribution is -2.58. The molecule has 3 N–H and O–H groups in total. The monoisotopic (exact) mass is 643 g/mol. The molecule has 4 atom stereocenters. The van der Waals surface area contributed by atoms with Gasteiger partial charge in [-0.05, 0) is 58.2 Å². The van der Waals surface area contributed by atoms with Crippen molar-refractivity contribution in [3.05, 3.63) is 41.0 Å². The first kappa shape index (κ1) is 36.1. The number of rotatable bonds is 11. The van der Waals surface area contributed by atoms with Crippen LogP contribution in [0.4, 0.5) is 0 Å². The molecule has 11 nitrogen and oxygen atoms in total. The maximum Gasteiger partial charge on any atom is 0.307 e. The summed E-state index contributed by atoms with van der Waals surface area (Å²) in [7, 11) is 1.71. The van der Waals surface area contributed by atoms with Gasteiger partial charge in [0.1, 0.15) is 17.7 Å². The third kappa shape index (κ3) is 10.3. The van der Waals surface area contributed by atoms with E-state index in [0.29, 0.717) is 6.54 Å². The van der Waals surface area contributed by atoms with Crippen molar-refractivity contribution >= 4 is 35.0 Å². The second-order valence-electron chi connectivity index (χ2n) is 14.0. The van der Waals surface area contributed by atoms with Gasteiger partial charge in [-0.2, -0.15) is 0 Å². The lowest BCUT2D eigenvalue weighted by atomic mass is 9.85. The number of likely N-dealkylation sites (N-methyl/N-ethyl adjacent to an activating group) is 1. The van der Waals surface area contributed by atoms with E-state index in [2.05, 4.69) is 15.6 Å². The van der Waals surface area contributed by atoms with Gasteiger partial charge in [-0.25, -0.2) is 4.98 Å². The van der Waals surface area contributed by atoms with Crippen molar-refractivity contribution in [2.75, 3.05) is 26.7 Å². The first-order valence-corrected chi connectivity index (χ1v) is 16.2. The highest BCUT2D eigenvalue weighted by atomic mass is 32.1. The Morgan fingerprint density at radius 2 is 1.76 bits per heavy atom. The minimum atomic E-state index is -0.940. The van der Waals surface area contributed by atoms with E-state index in [9.17, 15) is 24.3 Å².